The van der Waals surface area contributed by atoms with Gasteiger partial charge in [0.25, 0.3) is 0 Å². The zero-order valence-electron chi connectivity index (χ0n) is 15.1. The van der Waals surface area contributed by atoms with Crippen molar-refractivity contribution in [2.75, 3.05) is 57.3 Å². The van der Waals surface area contributed by atoms with Gasteiger partial charge in [-0.15, -0.1) is 11.3 Å². The third kappa shape index (κ3) is 4.87. The van der Waals surface area contributed by atoms with Crippen LogP contribution in [0.3, 0.4) is 0 Å². The Balaban J connectivity index is 1.46. The highest BCUT2D eigenvalue weighted by atomic mass is 32.1. The molecule has 0 atom stereocenters. The maximum atomic E-state index is 11.6. The second-order valence-corrected chi connectivity index (χ2v) is 7.43. The summed E-state index contributed by atoms with van der Waals surface area (Å²) in [4.78, 5) is 23.2. The second kappa shape index (κ2) is 9.08. The van der Waals surface area contributed by atoms with Gasteiger partial charge in [0.1, 0.15) is 0 Å². The SMILES string of the molecule is CCNC(=NCCCN1CCCC1=O)N1CCN(c2cccs2)CC1. The minimum Gasteiger partial charge on any atom is -0.360 e. The van der Waals surface area contributed by atoms with Crippen LogP contribution in [0.2, 0.25) is 0 Å². The number of hydrogen-bond acceptors (Lipinski definition) is 4. The first-order valence-corrected chi connectivity index (χ1v) is 10.3. The predicted octanol–water partition coefficient (Wildman–Crippen LogP) is 1.85. The van der Waals surface area contributed by atoms with E-state index in [1.807, 2.05) is 16.2 Å². The van der Waals surface area contributed by atoms with E-state index >= 15 is 0 Å². The smallest absolute Gasteiger partial charge is 0.222 e. The summed E-state index contributed by atoms with van der Waals surface area (Å²) in [5, 5.41) is 6.91. The van der Waals surface area contributed by atoms with Crippen molar-refractivity contribution in [1.82, 2.24) is 15.1 Å². The number of amides is 1. The number of likely N-dealkylation sites (tertiary alicyclic amines) is 1. The van der Waals surface area contributed by atoms with Crippen molar-refractivity contribution in [1.29, 1.82) is 0 Å². The van der Waals surface area contributed by atoms with E-state index in [0.717, 1.165) is 77.6 Å². The summed E-state index contributed by atoms with van der Waals surface area (Å²) in [5.74, 6) is 1.32. The fraction of sp³-hybridized carbons (Fsp3) is 0.667. The summed E-state index contributed by atoms with van der Waals surface area (Å²) in [6.45, 7) is 9.59. The third-order valence-electron chi connectivity index (χ3n) is 4.75. The monoisotopic (exact) mass is 363 g/mol. The van der Waals surface area contributed by atoms with Gasteiger partial charge in [0.15, 0.2) is 5.96 Å². The number of anilines is 1. The molecule has 0 saturated carbocycles. The van der Waals surface area contributed by atoms with Crippen LogP contribution < -0.4 is 10.2 Å². The molecular weight excluding hydrogens is 334 g/mol. The van der Waals surface area contributed by atoms with Crippen molar-refractivity contribution in [2.45, 2.75) is 26.2 Å². The molecule has 1 aromatic rings. The molecule has 1 amide bonds. The number of nitrogens with one attached hydrogen (secondary N) is 1. The summed E-state index contributed by atoms with van der Waals surface area (Å²) >= 11 is 1.81. The van der Waals surface area contributed by atoms with E-state index in [1.54, 1.807) is 0 Å². The van der Waals surface area contributed by atoms with Crippen LogP contribution in [0.4, 0.5) is 5.00 Å². The number of piperazine rings is 1. The predicted molar refractivity (Wildman–Crippen MR) is 105 cm³/mol. The Morgan fingerprint density at radius 1 is 1.28 bits per heavy atom. The van der Waals surface area contributed by atoms with E-state index in [1.165, 1.54) is 5.00 Å². The molecule has 138 valence electrons. The third-order valence-corrected chi connectivity index (χ3v) is 5.68. The maximum Gasteiger partial charge on any atom is 0.222 e. The molecule has 2 saturated heterocycles. The molecule has 0 aliphatic carbocycles. The standard InChI is InChI=1S/C18H29N5OS/c1-2-19-18(20-8-5-10-21-9-3-6-16(21)24)23-13-11-22(12-14-23)17-7-4-15-25-17/h4,7,15H,2-3,5-6,8-14H2,1H3,(H,19,20). The molecule has 2 aliphatic heterocycles. The number of thiophene rings is 1. The topological polar surface area (TPSA) is 51.2 Å². The van der Waals surface area contributed by atoms with Gasteiger partial charge in [-0.3, -0.25) is 9.79 Å². The van der Waals surface area contributed by atoms with Crippen LogP contribution >= 0.6 is 11.3 Å². The number of hydrogen-bond donors (Lipinski definition) is 1. The van der Waals surface area contributed by atoms with E-state index < -0.39 is 0 Å². The lowest BCUT2D eigenvalue weighted by Crippen LogP contribution is -2.52. The van der Waals surface area contributed by atoms with Crippen molar-refractivity contribution in [3.05, 3.63) is 17.5 Å². The first-order chi connectivity index (χ1) is 12.3. The number of guanidine groups is 1. The summed E-state index contributed by atoms with van der Waals surface area (Å²) in [5.41, 5.74) is 0. The van der Waals surface area contributed by atoms with Gasteiger partial charge < -0.3 is 20.0 Å². The van der Waals surface area contributed by atoms with Crippen LogP contribution in [0.5, 0.6) is 0 Å². The van der Waals surface area contributed by atoms with Gasteiger partial charge in [0, 0.05) is 58.8 Å². The lowest BCUT2D eigenvalue weighted by Gasteiger charge is -2.37. The molecule has 0 unspecified atom stereocenters. The van der Waals surface area contributed by atoms with Gasteiger partial charge in [0.2, 0.25) is 5.91 Å². The highest BCUT2D eigenvalue weighted by Crippen LogP contribution is 2.22. The molecule has 3 rings (SSSR count). The number of carbonyl (C=O) groups excluding carboxylic acids is 1. The number of rotatable bonds is 6. The first kappa shape index (κ1) is 18.0. The molecular formula is C18H29N5OS. The molecule has 25 heavy (non-hydrogen) atoms. The van der Waals surface area contributed by atoms with Gasteiger partial charge in [-0.1, -0.05) is 0 Å². The average molecular weight is 364 g/mol. The van der Waals surface area contributed by atoms with Gasteiger partial charge in [0.05, 0.1) is 5.00 Å². The molecule has 2 aliphatic rings. The van der Waals surface area contributed by atoms with Crippen LogP contribution in [0, 0.1) is 0 Å². The lowest BCUT2D eigenvalue weighted by molar-refractivity contribution is -0.127. The molecule has 2 fully saturated rings. The molecule has 0 bridgehead atoms. The van der Waals surface area contributed by atoms with Gasteiger partial charge in [-0.25, -0.2) is 0 Å². The molecule has 0 spiro atoms. The molecule has 6 nitrogen and oxygen atoms in total. The fourth-order valence-electron chi connectivity index (χ4n) is 3.40. The Kier molecular flexibility index (Phi) is 6.55. The molecule has 3 heterocycles. The van der Waals surface area contributed by atoms with E-state index in [-0.39, 0.29) is 0 Å². The minimum absolute atomic E-state index is 0.306. The first-order valence-electron chi connectivity index (χ1n) is 9.37. The van der Waals surface area contributed by atoms with Crippen molar-refractivity contribution >= 4 is 28.2 Å². The van der Waals surface area contributed by atoms with E-state index in [9.17, 15) is 4.79 Å². The van der Waals surface area contributed by atoms with Crippen LogP contribution in [-0.2, 0) is 4.79 Å². The van der Waals surface area contributed by atoms with Gasteiger partial charge >= 0.3 is 0 Å². The fourth-order valence-corrected chi connectivity index (χ4v) is 4.19. The lowest BCUT2D eigenvalue weighted by atomic mass is 10.3. The van der Waals surface area contributed by atoms with Gasteiger partial charge in [-0.05, 0) is 37.3 Å². The molecule has 7 heteroatoms. The average Bonchev–Trinajstić information content (AvgIpc) is 3.30. The molecule has 1 N–H and O–H groups in total. The Labute approximate surface area is 154 Å². The van der Waals surface area contributed by atoms with Crippen molar-refractivity contribution in [2.24, 2.45) is 4.99 Å². The Morgan fingerprint density at radius 3 is 2.76 bits per heavy atom. The van der Waals surface area contributed by atoms with E-state index in [2.05, 4.69) is 39.6 Å². The Hall–Kier alpha value is -1.76. The van der Waals surface area contributed by atoms with Crippen LogP contribution in [0.15, 0.2) is 22.5 Å². The Morgan fingerprint density at radius 2 is 2.12 bits per heavy atom. The number of aliphatic imine (C=N–C) groups is 1. The van der Waals surface area contributed by atoms with Crippen molar-refractivity contribution in [3.63, 3.8) is 0 Å². The van der Waals surface area contributed by atoms with Crippen molar-refractivity contribution < 1.29 is 4.79 Å². The highest BCUT2D eigenvalue weighted by molar-refractivity contribution is 7.14. The van der Waals surface area contributed by atoms with Crippen LogP contribution in [0.25, 0.3) is 0 Å². The van der Waals surface area contributed by atoms with E-state index in [0.29, 0.717) is 5.91 Å². The Bertz CT molecular complexity index is 566. The van der Waals surface area contributed by atoms with E-state index in [4.69, 9.17) is 4.99 Å². The number of nitrogens with zero attached hydrogens (tertiary/aromatic N) is 4. The highest BCUT2D eigenvalue weighted by Gasteiger charge is 2.21. The molecule has 0 aromatic carbocycles. The normalized spacial score (nSPS) is 19.0. The number of carbonyl (C=O) groups is 1. The largest absolute Gasteiger partial charge is 0.360 e. The summed E-state index contributed by atoms with van der Waals surface area (Å²) in [6, 6.07) is 4.31. The second-order valence-electron chi connectivity index (χ2n) is 6.50. The quantitative estimate of drug-likeness (QED) is 0.476. The zero-order valence-corrected chi connectivity index (χ0v) is 15.9. The maximum absolute atomic E-state index is 11.6. The summed E-state index contributed by atoms with van der Waals surface area (Å²) in [6.07, 6.45) is 2.68. The summed E-state index contributed by atoms with van der Waals surface area (Å²) < 4.78 is 0. The van der Waals surface area contributed by atoms with Crippen LogP contribution in [0.1, 0.15) is 26.2 Å². The minimum atomic E-state index is 0.306. The molecule has 1 aromatic heterocycles. The molecule has 0 radical (unpaired) electrons. The zero-order chi connectivity index (χ0) is 17.5. The summed E-state index contributed by atoms with van der Waals surface area (Å²) in [7, 11) is 0. The van der Waals surface area contributed by atoms with Crippen molar-refractivity contribution in [3.8, 4) is 0 Å². The van der Waals surface area contributed by atoms with Crippen LogP contribution in [-0.4, -0.2) is 74.0 Å². The van der Waals surface area contributed by atoms with Gasteiger partial charge in [-0.2, -0.15) is 0 Å².